The Balaban J connectivity index is 2.42. The largest absolute Gasteiger partial charge is 0.271 e. The maximum atomic E-state index is 6.32. The molecule has 2 rings (SSSR count). The van der Waals surface area contributed by atoms with Crippen LogP contribution in [-0.2, 0) is 0 Å². The zero-order valence-electron chi connectivity index (χ0n) is 13.0. The molecule has 21 heavy (non-hydrogen) atoms. The molecule has 1 aromatic heterocycles. The quantitative estimate of drug-likeness (QED) is 0.652. The van der Waals surface area contributed by atoms with Gasteiger partial charge in [-0.25, -0.2) is 5.43 Å². The van der Waals surface area contributed by atoms with Crippen molar-refractivity contribution in [1.82, 2.24) is 15.2 Å². The molecule has 0 bridgehead atoms. The average molecular weight is 307 g/mol. The summed E-state index contributed by atoms with van der Waals surface area (Å²) in [7, 11) is 0. The van der Waals surface area contributed by atoms with E-state index in [9.17, 15) is 0 Å². The van der Waals surface area contributed by atoms with Gasteiger partial charge in [-0.05, 0) is 30.9 Å². The first-order chi connectivity index (χ1) is 9.95. The molecule has 114 valence electrons. The molecule has 0 aliphatic heterocycles. The molecule has 0 fully saturated rings. The summed E-state index contributed by atoms with van der Waals surface area (Å²) in [6.07, 6.45) is 1.67. The van der Waals surface area contributed by atoms with Gasteiger partial charge in [-0.15, -0.1) is 0 Å². The van der Waals surface area contributed by atoms with Gasteiger partial charge in [0, 0.05) is 6.04 Å². The van der Waals surface area contributed by atoms with Crippen molar-refractivity contribution in [3.8, 4) is 0 Å². The van der Waals surface area contributed by atoms with Crippen LogP contribution < -0.4 is 11.3 Å². The minimum absolute atomic E-state index is 0.177. The molecular formula is C16H23ClN4. The van der Waals surface area contributed by atoms with Crippen LogP contribution in [0.5, 0.6) is 0 Å². The molecule has 1 unspecified atom stereocenters. The average Bonchev–Trinajstić information content (AvgIpc) is 2.83. The Labute approximate surface area is 131 Å². The van der Waals surface area contributed by atoms with Crippen molar-refractivity contribution in [3.05, 3.63) is 52.3 Å². The SMILES string of the molecule is CC(C)c1ccc(C(NN)c2c(Cl)cnn2C(C)C)cc1. The van der Waals surface area contributed by atoms with E-state index in [1.165, 1.54) is 5.56 Å². The zero-order chi connectivity index (χ0) is 15.6. The Morgan fingerprint density at radius 2 is 1.67 bits per heavy atom. The number of benzene rings is 1. The summed E-state index contributed by atoms with van der Waals surface area (Å²) < 4.78 is 1.91. The molecular weight excluding hydrogens is 284 g/mol. The molecule has 0 aliphatic rings. The lowest BCUT2D eigenvalue weighted by Crippen LogP contribution is -2.31. The van der Waals surface area contributed by atoms with E-state index in [-0.39, 0.29) is 12.1 Å². The molecule has 0 saturated carbocycles. The van der Waals surface area contributed by atoms with Gasteiger partial charge in [0.1, 0.15) is 0 Å². The Hall–Kier alpha value is -1.36. The predicted molar refractivity (Wildman–Crippen MR) is 87.3 cm³/mol. The van der Waals surface area contributed by atoms with E-state index in [1.807, 2.05) is 4.68 Å². The zero-order valence-corrected chi connectivity index (χ0v) is 13.7. The van der Waals surface area contributed by atoms with Crippen LogP contribution in [0.1, 0.15) is 62.5 Å². The van der Waals surface area contributed by atoms with E-state index in [0.29, 0.717) is 10.9 Å². The van der Waals surface area contributed by atoms with Crippen molar-refractivity contribution in [2.75, 3.05) is 0 Å². The monoisotopic (exact) mass is 306 g/mol. The summed E-state index contributed by atoms with van der Waals surface area (Å²) in [5, 5.41) is 4.97. The number of hydrogen-bond donors (Lipinski definition) is 2. The van der Waals surface area contributed by atoms with Gasteiger partial charge < -0.3 is 0 Å². The van der Waals surface area contributed by atoms with Crippen molar-refractivity contribution in [1.29, 1.82) is 0 Å². The molecule has 2 aromatic rings. The fourth-order valence-corrected chi connectivity index (χ4v) is 2.68. The molecule has 3 N–H and O–H groups in total. The molecule has 0 saturated heterocycles. The van der Waals surface area contributed by atoms with Gasteiger partial charge in [0.05, 0.1) is 23.0 Å². The number of nitrogens with zero attached hydrogens (tertiary/aromatic N) is 2. The predicted octanol–water partition coefficient (Wildman–Crippen LogP) is 3.79. The Morgan fingerprint density at radius 1 is 1.10 bits per heavy atom. The van der Waals surface area contributed by atoms with Gasteiger partial charge in [-0.3, -0.25) is 10.5 Å². The van der Waals surface area contributed by atoms with Crippen molar-refractivity contribution >= 4 is 11.6 Å². The van der Waals surface area contributed by atoms with Crippen LogP contribution in [0.15, 0.2) is 30.5 Å². The smallest absolute Gasteiger partial charge is 0.0893 e. The molecule has 0 amide bonds. The van der Waals surface area contributed by atoms with Crippen LogP contribution in [0.4, 0.5) is 0 Å². The lowest BCUT2D eigenvalue weighted by molar-refractivity contribution is 0.476. The fraction of sp³-hybridized carbons (Fsp3) is 0.438. The summed E-state index contributed by atoms with van der Waals surface area (Å²) in [6.45, 7) is 8.50. The maximum Gasteiger partial charge on any atom is 0.0893 e. The normalized spacial score (nSPS) is 13.1. The first-order valence-electron chi connectivity index (χ1n) is 7.24. The highest BCUT2D eigenvalue weighted by atomic mass is 35.5. The highest BCUT2D eigenvalue weighted by Crippen LogP contribution is 2.30. The summed E-state index contributed by atoms with van der Waals surface area (Å²) >= 11 is 6.32. The molecule has 1 atom stereocenters. The second-order valence-electron chi connectivity index (χ2n) is 5.84. The topological polar surface area (TPSA) is 55.9 Å². The fourth-order valence-electron chi connectivity index (χ4n) is 2.44. The minimum Gasteiger partial charge on any atom is -0.271 e. The van der Waals surface area contributed by atoms with Crippen molar-refractivity contribution < 1.29 is 0 Å². The molecule has 1 aromatic carbocycles. The summed E-state index contributed by atoms with van der Waals surface area (Å²) in [4.78, 5) is 0. The van der Waals surface area contributed by atoms with E-state index >= 15 is 0 Å². The van der Waals surface area contributed by atoms with Gasteiger partial charge in [-0.1, -0.05) is 49.7 Å². The van der Waals surface area contributed by atoms with Crippen LogP contribution in [0.2, 0.25) is 5.02 Å². The molecule has 5 heteroatoms. The second kappa shape index (κ2) is 6.60. The van der Waals surface area contributed by atoms with Crippen LogP contribution in [0.3, 0.4) is 0 Å². The van der Waals surface area contributed by atoms with Crippen molar-refractivity contribution in [2.24, 2.45) is 5.84 Å². The number of aromatic nitrogens is 2. The standard InChI is InChI=1S/C16H23ClN4/c1-10(2)12-5-7-13(8-6-12)15(20-18)16-14(17)9-19-21(16)11(3)4/h5-11,15,20H,18H2,1-4H3. The summed E-state index contributed by atoms with van der Waals surface area (Å²) in [6, 6.07) is 8.49. The van der Waals surface area contributed by atoms with Crippen LogP contribution >= 0.6 is 11.6 Å². The number of hydrogen-bond acceptors (Lipinski definition) is 3. The van der Waals surface area contributed by atoms with Crippen LogP contribution in [-0.4, -0.2) is 9.78 Å². The van der Waals surface area contributed by atoms with E-state index in [4.69, 9.17) is 17.4 Å². The van der Waals surface area contributed by atoms with Crippen molar-refractivity contribution in [3.63, 3.8) is 0 Å². The lowest BCUT2D eigenvalue weighted by Gasteiger charge is -2.21. The molecule has 0 aliphatic carbocycles. The van der Waals surface area contributed by atoms with E-state index in [2.05, 4.69) is 62.5 Å². The lowest BCUT2D eigenvalue weighted by atomic mass is 9.98. The molecule has 0 spiro atoms. The van der Waals surface area contributed by atoms with Crippen LogP contribution in [0.25, 0.3) is 0 Å². The third-order valence-corrected chi connectivity index (χ3v) is 3.94. The number of rotatable bonds is 5. The van der Waals surface area contributed by atoms with E-state index in [1.54, 1.807) is 6.20 Å². The van der Waals surface area contributed by atoms with Crippen LogP contribution in [0, 0.1) is 0 Å². The van der Waals surface area contributed by atoms with E-state index in [0.717, 1.165) is 11.3 Å². The Morgan fingerprint density at radius 3 is 2.14 bits per heavy atom. The first kappa shape index (κ1) is 16.0. The third-order valence-electron chi connectivity index (χ3n) is 3.65. The Bertz CT molecular complexity index is 587. The van der Waals surface area contributed by atoms with Gasteiger partial charge in [-0.2, -0.15) is 5.10 Å². The molecule has 1 heterocycles. The molecule has 4 nitrogen and oxygen atoms in total. The Kier molecular flexibility index (Phi) is 5.04. The third kappa shape index (κ3) is 3.28. The first-order valence-corrected chi connectivity index (χ1v) is 7.62. The van der Waals surface area contributed by atoms with Gasteiger partial charge in [0.15, 0.2) is 0 Å². The summed E-state index contributed by atoms with van der Waals surface area (Å²) in [5.41, 5.74) is 6.13. The number of halogens is 1. The second-order valence-corrected chi connectivity index (χ2v) is 6.24. The minimum atomic E-state index is -0.177. The number of nitrogens with one attached hydrogen (secondary N) is 1. The number of nitrogens with two attached hydrogens (primary N) is 1. The highest BCUT2D eigenvalue weighted by Gasteiger charge is 2.22. The number of hydrazine groups is 1. The van der Waals surface area contributed by atoms with Gasteiger partial charge >= 0.3 is 0 Å². The molecule has 0 radical (unpaired) electrons. The highest BCUT2D eigenvalue weighted by molar-refractivity contribution is 6.31. The van der Waals surface area contributed by atoms with Crippen molar-refractivity contribution in [2.45, 2.75) is 45.7 Å². The van der Waals surface area contributed by atoms with E-state index < -0.39 is 0 Å². The van der Waals surface area contributed by atoms with Gasteiger partial charge in [0.25, 0.3) is 0 Å². The van der Waals surface area contributed by atoms with Gasteiger partial charge in [0.2, 0.25) is 0 Å². The summed E-state index contributed by atoms with van der Waals surface area (Å²) in [5.74, 6) is 6.29. The maximum absolute atomic E-state index is 6.32.